The quantitative estimate of drug-likeness (QED) is 0.540. The van der Waals surface area contributed by atoms with Crippen molar-refractivity contribution in [3.63, 3.8) is 0 Å². The average Bonchev–Trinajstić information content (AvgIpc) is 2.88. The zero-order valence-electron chi connectivity index (χ0n) is 19.1. The van der Waals surface area contributed by atoms with Crippen molar-refractivity contribution in [1.82, 2.24) is 9.21 Å². The molecule has 0 atom stereocenters. The van der Waals surface area contributed by atoms with Crippen molar-refractivity contribution in [2.24, 2.45) is 0 Å². The second-order valence-corrected chi connectivity index (χ2v) is 9.69. The number of carbonyl (C=O) groups is 2. The molecular formula is C24H28N4O5S. The van der Waals surface area contributed by atoms with Gasteiger partial charge in [0.25, 0.3) is 0 Å². The molecule has 0 saturated carbocycles. The van der Waals surface area contributed by atoms with E-state index in [1.165, 1.54) is 28.4 Å². The summed E-state index contributed by atoms with van der Waals surface area (Å²) < 4.78 is 32.2. The summed E-state index contributed by atoms with van der Waals surface area (Å²) in [6, 6.07) is 17.3. The second kappa shape index (κ2) is 11.6. The fraction of sp³-hybridized carbons (Fsp3) is 0.375. The van der Waals surface area contributed by atoms with Crippen LogP contribution in [0.1, 0.15) is 19.3 Å². The van der Waals surface area contributed by atoms with E-state index in [0.717, 1.165) is 0 Å². The molecule has 1 saturated heterocycles. The molecule has 0 aromatic heterocycles. The van der Waals surface area contributed by atoms with Gasteiger partial charge in [0.05, 0.1) is 24.5 Å². The smallest absolute Gasteiger partial charge is 0.243 e. The van der Waals surface area contributed by atoms with Gasteiger partial charge in [-0.2, -0.15) is 9.57 Å². The molecule has 1 aliphatic heterocycles. The minimum absolute atomic E-state index is 0.0174. The van der Waals surface area contributed by atoms with Crippen molar-refractivity contribution in [2.75, 3.05) is 44.7 Å². The molecule has 180 valence electrons. The first-order valence-corrected chi connectivity index (χ1v) is 12.4. The Morgan fingerprint density at radius 1 is 1.00 bits per heavy atom. The molecule has 34 heavy (non-hydrogen) atoms. The predicted molar refractivity (Wildman–Crippen MR) is 127 cm³/mol. The number of sulfonamides is 1. The van der Waals surface area contributed by atoms with Gasteiger partial charge in [0.2, 0.25) is 21.8 Å². The summed E-state index contributed by atoms with van der Waals surface area (Å²) in [5.41, 5.74) is 0.688. The molecule has 0 spiro atoms. The van der Waals surface area contributed by atoms with Crippen LogP contribution in [0.25, 0.3) is 0 Å². The molecule has 0 radical (unpaired) electrons. The lowest BCUT2D eigenvalue weighted by Gasteiger charge is -2.34. The number of nitrogens with zero attached hydrogens (tertiary/aromatic N) is 4. The molecule has 3 rings (SSSR count). The van der Waals surface area contributed by atoms with E-state index in [9.17, 15) is 18.0 Å². The Morgan fingerprint density at radius 3 is 2.24 bits per heavy atom. The Bertz CT molecular complexity index is 1120. The molecule has 2 amide bonds. The first-order chi connectivity index (χ1) is 16.4. The lowest BCUT2D eigenvalue weighted by Crippen LogP contribution is -2.50. The summed E-state index contributed by atoms with van der Waals surface area (Å²) in [5.74, 6) is 0.154. The van der Waals surface area contributed by atoms with Crippen molar-refractivity contribution in [3.8, 4) is 11.8 Å². The standard InChI is InChI=1S/C24H28N4O5S/c1-33-21-8-10-22(11-9-21)34(31,32)27-18-16-26(17-19-27)23(29)12-13-24(30)28(15-5-14-25)20-6-3-2-4-7-20/h2-4,6-11H,5,12-13,15-19H2,1H3. The van der Waals surface area contributed by atoms with Gasteiger partial charge in [-0.25, -0.2) is 8.42 Å². The van der Waals surface area contributed by atoms with Gasteiger partial charge in [-0.05, 0) is 36.4 Å². The summed E-state index contributed by atoms with van der Waals surface area (Å²) >= 11 is 0. The van der Waals surface area contributed by atoms with Crippen LogP contribution in [-0.4, -0.2) is 69.3 Å². The van der Waals surface area contributed by atoms with Crippen LogP contribution in [0.5, 0.6) is 5.75 Å². The van der Waals surface area contributed by atoms with E-state index < -0.39 is 10.0 Å². The van der Waals surface area contributed by atoms with E-state index >= 15 is 0 Å². The number of piperazine rings is 1. The van der Waals surface area contributed by atoms with Crippen LogP contribution in [0.2, 0.25) is 0 Å². The van der Waals surface area contributed by atoms with Crippen LogP contribution in [0, 0.1) is 11.3 Å². The van der Waals surface area contributed by atoms with E-state index in [-0.39, 0.29) is 68.7 Å². The highest BCUT2D eigenvalue weighted by Crippen LogP contribution is 2.21. The molecule has 1 heterocycles. The molecule has 9 nitrogen and oxygen atoms in total. The number of amides is 2. The van der Waals surface area contributed by atoms with Crippen LogP contribution in [0.15, 0.2) is 59.5 Å². The molecular weight excluding hydrogens is 456 g/mol. The van der Waals surface area contributed by atoms with Gasteiger partial charge >= 0.3 is 0 Å². The van der Waals surface area contributed by atoms with Crippen molar-refractivity contribution >= 4 is 27.5 Å². The van der Waals surface area contributed by atoms with Crippen LogP contribution in [-0.2, 0) is 19.6 Å². The third-order valence-corrected chi connectivity index (χ3v) is 7.57. The number of benzene rings is 2. The van der Waals surface area contributed by atoms with Gasteiger partial charge in [-0.15, -0.1) is 0 Å². The number of rotatable bonds is 9. The first-order valence-electron chi connectivity index (χ1n) is 11.0. The van der Waals surface area contributed by atoms with Gasteiger partial charge in [0.15, 0.2) is 0 Å². The maximum absolute atomic E-state index is 12.9. The van der Waals surface area contributed by atoms with Crippen molar-refractivity contribution in [2.45, 2.75) is 24.2 Å². The fourth-order valence-electron chi connectivity index (χ4n) is 3.75. The van der Waals surface area contributed by atoms with E-state index in [4.69, 9.17) is 10.00 Å². The van der Waals surface area contributed by atoms with E-state index in [0.29, 0.717) is 11.4 Å². The maximum Gasteiger partial charge on any atom is 0.243 e. The van der Waals surface area contributed by atoms with E-state index in [1.54, 1.807) is 29.2 Å². The summed E-state index contributed by atoms with van der Waals surface area (Å²) in [7, 11) is -2.15. The third-order valence-electron chi connectivity index (χ3n) is 5.66. The van der Waals surface area contributed by atoms with Gasteiger partial charge in [-0.3, -0.25) is 9.59 Å². The topological polar surface area (TPSA) is 111 Å². The van der Waals surface area contributed by atoms with Crippen LogP contribution < -0.4 is 9.64 Å². The van der Waals surface area contributed by atoms with Crippen molar-refractivity contribution in [3.05, 3.63) is 54.6 Å². The number of carbonyl (C=O) groups excluding carboxylic acids is 2. The number of anilines is 1. The Kier molecular flexibility index (Phi) is 8.62. The van der Waals surface area contributed by atoms with Crippen LogP contribution in [0.3, 0.4) is 0 Å². The molecule has 0 unspecified atom stereocenters. The number of nitriles is 1. The first kappa shape index (κ1) is 25.2. The van der Waals surface area contributed by atoms with Crippen molar-refractivity contribution in [1.29, 1.82) is 5.26 Å². The summed E-state index contributed by atoms with van der Waals surface area (Å²) in [6.07, 6.45) is 0.239. The van der Waals surface area contributed by atoms with E-state index in [1.807, 2.05) is 24.3 Å². The summed E-state index contributed by atoms with van der Waals surface area (Å²) in [5, 5.41) is 8.91. The normalized spacial score (nSPS) is 14.3. The van der Waals surface area contributed by atoms with Crippen LogP contribution in [0.4, 0.5) is 5.69 Å². The minimum atomic E-state index is -3.66. The molecule has 0 N–H and O–H groups in total. The minimum Gasteiger partial charge on any atom is -0.497 e. The number of para-hydroxylation sites is 1. The highest BCUT2D eigenvalue weighted by Gasteiger charge is 2.30. The Hall–Kier alpha value is -3.42. The largest absolute Gasteiger partial charge is 0.497 e. The second-order valence-electron chi connectivity index (χ2n) is 7.75. The van der Waals surface area contributed by atoms with Gasteiger partial charge < -0.3 is 14.5 Å². The predicted octanol–water partition coefficient (Wildman–Crippen LogP) is 2.26. The molecule has 1 fully saturated rings. The van der Waals surface area contributed by atoms with Crippen molar-refractivity contribution < 1.29 is 22.7 Å². The van der Waals surface area contributed by atoms with E-state index in [2.05, 4.69) is 0 Å². The highest BCUT2D eigenvalue weighted by molar-refractivity contribution is 7.89. The van der Waals surface area contributed by atoms with Gasteiger partial charge in [0, 0.05) is 51.3 Å². The number of hydrogen-bond acceptors (Lipinski definition) is 6. The van der Waals surface area contributed by atoms with Gasteiger partial charge in [0.1, 0.15) is 5.75 Å². The lowest BCUT2D eigenvalue weighted by atomic mass is 10.2. The molecule has 0 bridgehead atoms. The molecule has 2 aromatic carbocycles. The lowest BCUT2D eigenvalue weighted by molar-refractivity contribution is -0.134. The number of methoxy groups -OCH3 is 1. The summed E-state index contributed by atoms with van der Waals surface area (Å²) in [4.78, 5) is 28.8. The molecule has 0 aliphatic carbocycles. The number of hydrogen-bond donors (Lipinski definition) is 0. The fourth-order valence-corrected chi connectivity index (χ4v) is 5.17. The highest BCUT2D eigenvalue weighted by atomic mass is 32.2. The third kappa shape index (κ3) is 6.12. The molecule has 10 heteroatoms. The summed E-state index contributed by atoms with van der Waals surface area (Å²) in [6.45, 7) is 1.16. The van der Waals surface area contributed by atoms with Gasteiger partial charge in [-0.1, -0.05) is 18.2 Å². The number of ether oxygens (including phenoxy) is 1. The molecule has 1 aliphatic rings. The zero-order valence-corrected chi connectivity index (χ0v) is 19.9. The monoisotopic (exact) mass is 484 g/mol. The maximum atomic E-state index is 12.9. The average molecular weight is 485 g/mol. The molecule has 2 aromatic rings. The van der Waals surface area contributed by atoms with Crippen LogP contribution >= 0.6 is 0 Å². The Balaban J connectivity index is 1.53. The zero-order chi connectivity index (χ0) is 24.6. The Labute approximate surface area is 200 Å². The Morgan fingerprint density at radius 2 is 1.65 bits per heavy atom. The SMILES string of the molecule is COc1ccc(S(=O)(=O)N2CCN(C(=O)CCC(=O)N(CCC#N)c3ccccc3)CC2)cc1.